The number of carbonyl (C=O) groups excluding carboxylic acids is 2. The molecule has 3 amide bonds. The van der Waals surface area contributed by atoms with Crippen LogP contribution in [0.4, 0.5) is 4.79 Å². The molecule has 0 bridgehead atoms. The average molecular weight is 277 g/mol. The molecule has 1 fully saturated rings. The van der Waals surface area contributed by atoms with Crippen LogP contribution in [0.25, 0.3) is 0 Å². The molecule has 0 aromatic heterocycles. The zero-order valence-corrected chi connectivity index (χ0v) is 11.4. The molecule has 0 saturated heterocycles. The number of carbonyl (C=O) groups is 2. The van der Waals surface area contributed by atoms with E-state index >= 15 is 0 Å². The largest absolute Gasteiger partial charge is 0.483 e. The van der Waals surface area contributed by atoms with Crippen LogP contribution in [0.3, 0.4) is 0 Å². The lowest BCUT2D eigenvalue weighted by Crippen LogP contribution is -2.38. The standard InChI is InChI=1S/C14H19N3O3/c1-9-2-5-12(20-8-13(18)17-14(15)19)10(6-9)7-16-11-3-4-11/h2,5-6,11,16H,3-4,7-8H2,1H3,(H3,15,17,18,19). The van der Waals surface area contributed by atoms with Crippen molar-refractivity contribution < 1.29 is 14.3 Å². The molecule has 0 aliphatic heterocycles. The lowest BCUT2D eigenvalue weighted by molar-refractivity contribution is -0.121. The van der Waals surface area contributed by atoms with E-state index < -0.39 is 11.9 Å². The van der Waals surface area contributed by atoms with Gasteiger partial charge < -0.3 is 15.8 Å². The lowest BCUT2D eigenvalue weighted by Gasteiger charge is -2.12. The van der Waals surface area contributed by atoms with Crippen LogP contribution in [0.5, 0.6) is 5.75 Å². The van der Waals surface area contributed by atoms with Gasteiger partial charge in [0.25, 0.3) is 5.91 Å². The maximum absolute atomic E-state index is 11.3. The number of urea groups is 1. The molecule has 1 aliphatic rings. The Bertz CT molecular complexity index is 512. The van der Waals surface area contributed by atoms with Crippen LogP contribution in [-0.4, -0.2) is 24.6 Å². The van der Waals surface area contributed by atoms with E-state index in [1.807, 2.05) is 30.4 Å². The Balaban J connectivity index is 1.94. The van der Waals surface area contributed by atoms with Gasteiger partial charge in [0.05, 0.1) is 0 Å². The highest BCUT2D eigenvalue weighted by molar-refractivity contribution is 5.94. The van der Waals surface area contributed by atoms with Crippen LogP contribution in [0.1, 0.15) is 24.0 Å². The van der Waals surface area contributed by atoms with Gasteiger partial charge in [-0.25, -0.2) is 4.79 Å². The third-order valence-corrected chi connectivity index (χ3v) is 3.00. The summed E-state index contributed by atoms with van der Waals surface area (Å²) >= 11 is 0. The first-order valence-electron chi connectivity index (χ1n) is 6.59. The first-order valence-corrected chi connectivity index (χ1v) is 6.59. The van der Waals surface area contributed by atoms with E-state index in [2.05, 4.69) is 5.32 Å². The topological polar surface area (TPSA) is 93.4 Å². The quantitative estimate of drug-likeness (QED) is 0.717. The second kappa shape index (κ2) is 6.38. The van der Waals surface area contributed by atoms with Gasteiger partial charge in [-0.2, -0.15) is 0 Å². The highest BCUT2D eigenvalue weighted by Crippen LogP contribution is 2.23. The third-order valence-electron chi connectivity index (χ3n) is 3.00. The Labute approximate surface area is 117 Å². The van der Waals surface area contributed by atoms with E-state index in [1.54, 1.807) is 0 Å². The molecule has 2 rings (SSSR count). The number of nitrogens with two attached hydrogens (primary N) is 1. The molecule has 1 aromatic carbocycles. The fraction of sp³-hybridized carbons (Fsp3) is 0.429. The van der Waals surface area contributed by atoms with Gasteiger partial charge in [-0.05, 0) is 25.8 Å². The maximum atomic E-state index is 11.3. The summed E-state index contributed by atoms with van der Waals surface area (Å²) in [5, 5.41) is 5.37. The molecule has 20 heavy (non-hydrogen) atoms. The number of primary amides is 1. The smallest absolute Gasteiger partial charge is 0.318 e. The predicted octanol–water partition coefficient (Wildman–Crippen LogP) is 0.821. The molecule has 1 saturated carbocycles. The molecule has 0 heterocycles. The van der Waals surface area contributed by atoms with Crippen LogP contribution < -0.4 is 21.1 Å². The molecule has 6 heteroatoms. The molecule has 108 valence electrons. The SMILES string of the molecule is Cc1ccc(OCC(=O)NC(N)=O)c(CNC2CC2)c1. The van der Waals surface area contributed by atoms with Crippen molar-refractivity contribution in [3.8, 4) is 5.75 Å². The third kappa shape index (κ3) is 4.55. The number of rotatable bonds is 6. The van der Waals surface area contributed by atoms with Crippen LogP contribution in [0, 0.1) is 6.92 Å². The molecular weight excluding hydrogens is 258 g/mol. The summed E-state index contributed by atoms with van der Waals surface area (Å²) in [5.74, 6) is 0.0857. The zero-order chi connectivity index (χ0) is 14.5. The van der Waals surface area contributed by atoms with Gasteiger partial charge in [-0.3, -0.25) is 10.1 Å². The summed E-state index contributed by atoms with van der Waals surface area (Å²) in [6.45, 7) is 2.48. The van der Waals surface area contributed by atoms with Crippen LogP contribution in [-0.2, 0) is 11.3 Å². The number of hydrogen-bond acceptors (Lipinski definition) is 4. The zero-order valence-electron chi connectivity index (χ0n) is 11.4. The number of nitrogens with one attached hydrogen (secondary N) is 2. The number of benzene rings is 1. The van der Waals surface area contributed by atoms with Crippen LogP contribution >= 0.6 is 0 Å². The molecule has 1 aliphatic carbocycles. The van der Waals surface area contributed by atoms with Crippen molar-refractivity contribution in [2.75, 3.05) is 6.61 Å². The van der Waals surface area contributed by atoms with Crippen molar-refractivity contribution in [3.05, 3.63) is 29.3 Å². The Kier molecular flexibility index (Phi) is 4.57. The summed E-state index contributed by atoms with van der Waals surface area (Å²) < 4.78 is 5.45. The minimum absolute atomic E-state index is 0.234. The molecule has 0 atom stereocenters. The van der Waals surface area contributed by atoms with Gasteiger partial charge >= 0.3 is 6.03 Å². The fourth-order valence-electron chi connectivity index (χ4n) is 1.85. The highest BCUT2D eigenvalue weighted by Gasteiger charge is 2.20. The molecule has 0 radical (unpaired) electrons. The van der Waals surface area contributed by atoms with Gasteiger partial charge in [-0.1, -0.05) is 17.7 Å². The van der Waals surface area contributed by atoms with Gasteiger partial charge in [0.2, 0.25) is 0 Å². The Morgan fingerprint density at radius 1 is 1.40 bits per heavy atom. The number of ether oxygens (including phenoxy) is 1. The summed E-state index contributed by atoms with van der Waals surface area (Å²) in [7, 11) is 0. The van der Waals surface area contributed by atoms with Gasteiger partial charge in [-0.15, -0.1) is 0 Å². The van der Waals surface area contributed by atoms with E-state index in [-0.39, 0.29) is 6.61 Å². The van der Waals surface area contributed by atoms with Crippen molar-refractivity contribution in [3.63, 3.8) is 0 Å². The minimum atomic E-state index is -0.877. The lowest BCUT2D eigenvalue weighted by atomic mass is 10.1. The minimum Gasteiger partial charge on any atom is -0.483 e. The number of hydrogen-bond donors (Lipinski definition) is 3. The van der Waals surface area contributed by atoms with Gasteiger partial charge in [0.1, 0.15) is 5.75 Å². The van der Waals surface area contributed by atoms with Crippen molar-refractivity contribution in [1.82, 2.24) is 10.6 Å². The second-order valence-electron chi connectivity index (χ2n) is 4.97. The van der Waals surface area contributed by atoms with E-state index in [0.29, 0.717) is 18.3 Å². The van der Waals surface area contributed by atoms with Crippen LogP contribution in [0.15, 0.2) is 18.2 Å². The van der Waals surface area contributed by atoms with Gasteiger partial charge in [0, 0.05) is 18.2 Å². The normalized spacial score (nSPS) is 13.8. The Hall–Kier alpha value is -2.08. The summed E-state index contributed by atoms with van der Waals surface area (Å²) in [4.78, 5) is 21.9. The maximum Gasteiger partial charge on any atom is 0.318 e. The molecule has 1 aromatic rings. The first-order chi connectivity index (χ1) is 9.54. The van der Waals surface area contributed by atoms with Crippen molar-refractivity contribution >= 4 is 11.9 Å². The van der Waals surface area contributed by atoms with E-state index in [4.69, 9.17) is 10.5 Å². The van der Waals surface area contributed by atoms with Gasteiger partial charge in [0.15, 0.2) is 6.61 Å². The van der Waals surface area contributed by atoms with Crippen molar-refractivity contribution in [2.45, 2.75) is 32.4 Å². The first kappa shape index (κ1) is 14.3. The summed E-state index contributed by atoms with van der Waals surface area (Å²) in [5.41, 5.74) is 7.00. The second-order valence-corrected chi connectivity index (χ2v) is 4.97. The summed E-state index contributed by atoms with van der Waals surface area (Å²) in [6.07, 6.45) is 2.42. The predicted molar refractivity (Wildman–Crippen MR) is 74.3 cm³/mol. The number of imide groups is 1. The van der Waals surface area contributed by atoms with Crippen molar-refractivity contribution in [2.24, 2.45) is 5.73 Å². The Morgan fingerprint density at radius 3 is 2.80 bits per heavy atom. The van der Waals surface area contributed by atoms with E-state index in [1.165, 1.54) is 12.8 Å². The molecule has 0 unspecified atom stereocenters. The Morgan fingerprint density at radius 2 is 2.15 bits per heavy atom. The molecule has 6 nitrogen and oxygen atoms in total. The summed E-state index contributed by atoms with van der Waals surface area (Å²) in [6, 6.07) is 5.50. The number of aryl methyl sites for hydroxylation is 1. The monoisotopic (exact) mass is 277 g/mol. The number of amides is 3. The highest BCUT2D eigenvalue weighted by atomic mass is 16.5. The molecular formula is C14H19N3O3. The fourth-order valence-corrected chi connectivity index (χ4v) is 1.85. The van der Waals surface area contributed by atoms with Crippen molar-refractivity contribution in [1.29, 1.82) is 0 Å². The van der Waals surface area contributed by atoms with Crippen LogP contribution in [0.2, 0.25) is 0 Å². The average Bonchev–Trinajstić information content (AvgIpc) is 3.18. The molecule has 0 spiro atoms. The molecule has 4 N–H and O–H groups in total. The van der Waals surface area contributed by atoms with E-state index in [9.17, 15) is 9.59 Å². The van der Waals surface area contributed by atoms with E-state index in [0.717, 1.165) is 11.1 Å².